The molecule has 0 aliphatic heterocycles. The number of rotatable bonds is 2. The van der Waals surface area contributed by atoms with Gasteiger partial charge in [-0.15, -0.1) is 0 Å². The van der Waals surface area contributed by atoms with Gasteiger partial charge in [0.15, 0.2) is 11.6 Å². The van der Waals surface area contributed by atoms with E-state index in [0.717, 1.165) is 11.1 Å². The smallest absolute Gasteiger partial charge is 0.181 e. The summed E-state index contributed by atoms with van der Waals surface area (Å²) in [5.74, 6) is 1.28. The predicted octanol–water partition coefficient (Wildman–Crippen LogP) is 3.37. The molecule has 0 aliphatic carbocycles. The fourth-order valence-corrected chi connectivity index (χ4v) is 2.03. The van der Waals surface area contributed by atoms with Crippen LogP contribution < -0.4 is 5.73 Å². The van der Waals surface area contributed by atoms with E-state index in [1.54, 1.807) is 12.1 Å². The average Bonchev–Trinajstić information content (AvgIpc) is 2.89. The molecule has 0 fully saturated rings. The van der Waals surface area contributed by atoms with Gasteiger partial charge in [-0.1, -0.05) is 41.9 Å². The SMILES string of the molecule is Nc1cc(Cl)ccc1-c1nc(-c2ccccc2)n[nH]1. The molecule has 2 aromatic carbocycles. The topological polar surface area (TPSA) is 67.6 Å². The number of aromatic amines is 1. The molecule has 0 radical (unpaired) electrons. The second-order valence-corrected chi connectivity index (χ2v) is 4.54. The Kier molecular flexibility index (Phi) is 2.93. The van der Waals surface area contributed by atoms with Gasteiger partial charge in [0.1, 0.15) is 0 Å². The maximum atomic E-state index is 5.93. The van der Waals surface area contributed by atoms with E-state index in [-0.39, 0.29) is 0 Å². The van der Waals surface area contributed by atoms with Crippen molar-refractivity contribution in [2.75, 3.05) is 5.73 Å². The van der Waals surface area contributed by atoms with Crippen molar-refractivity contribution in [3.63, 3.8) is 0 Å². The number of nitrogens with zero attached hydrogens (tertiary/aromatic N) is 2. The van der Waals surface area contributed by atoms with Crippen LogP contribution in [0.4, 0.5) is 5.69 Å². The zero-order valence-corrected chi connectivity index (χ0v) is 10.7. The number of aromatic nitrogens is 3. The van der Waals surface area contributed by atoms with Crippen molar-refractivity contribution in [3.8, 4) is 22.8 Å². The Morgan fingerprint density at radius 3 is 2.58 bits per heavy atom. The third kappa shape index (κ3) is 2.30. The molecule has 1 heterocycles. The second kappa shape index (κ2) is 4.74. The standard InChI is InChI=1S/C14H11ClN4/c15-10-6-7-11(12(16)8-10)14-17-13(18-19-14)9-4-2-1-3-5-9/h1-8H,16H2,(H,17,18,19). The molecular weight excluding hydrogens is 260 g/mol. The first-order valence-electron chi connectivity index (χ1n) is 5.77. The van der Waals surface area contributed by atoms with Gasteiger partial charge in [-0.3, -0.25) is 5.10 Å². The number of anilines is 1. The number of hydrogen-bond acceptors (Lipinski definition) is 3. The highest BCUT2D eigenvalue weighted by molar-refractivity contribution is 6.31. The van der Waals surface area contributed by atoms with Gasteiger partial charge in [0.2, 0.25) is 0 Å². The Bertz CT molecular complexity index is 706. The number of benzene rings is 2. The van der Waals surface area contributed by atoms with Crippen LogP contribution in [-0.2, 0) is 0 Å². The van der Waals surface area contributed by atoms with Crippen LogP contribution in [0, 0.1) is 0 Å². The molecule has 0 saturated carbocycles. The molecule has 19 heavy (non-hydrogen) atoms. The first-order valence-corrected chi connectivity index (χ1v) is 6.15. The number of halogens is 1. The average molecular weight is 271 g/mol. The molecule has 0 spiro atoms. The summed E-state index contributed by atoms with van der Waals surface area (Å²) in [6, 6.07) is 15.1. The van der Waals surface area contributed by atoms with Crippen molar-refractivity contribution >= 4 is 17.3 Å². The van der Waals surface area contributed by atoms with Gasteiger partial charge in [-0.2, -0.15) is 5.10 Å². The van der Waals surface area contributed by atoms with E-state index >= 15 is 0 Å². The molecule has 3 aromatic rings. The van der Waals surface area contributed by atoms with Gasteiger partial charge < -0.3 is 5.73 Å². The summed E-state index contributed by atoms with van der Waals surface area (Å²) in [5.41, 5.74) is 8.25. The first kappa shape index (κ1) is 11.7. The van der Waals surface area contributed by atoms with Crippen LogP contribution >= 0.6 is 11.6 Å². The molecule has 0 bridgehead atoms. The lowest BCUT2D eigenvalue weighted by Gasteiger charge is -2.01. The van der Waals surface area contributed by atoms with Crippen LogP contribution in [0.3, 0.4) is 0 Å². The summed E-state index contributed by atoms with van der Waals surface area (Å²) in [7, 11) is 0. The molecule has 4 nitrogen and oxygen atoms in total. The molecule has 3 N–H and O–H groups in total. The zero-order valence-electron chi connectivity index (χ0n) is 9.97. The minimum atomic E-state index is 0.572. The maximum Gasteiger partial charge on any atom is 0.181 e. The summed E-state index contributed by atoms with van der Waals surface area (Å²) < 4.78 is 0. The van der Waals surface area contributed by atoms with Crippen molar-refractivity contribution in [1.29, 1.82) is 0 Å². The molecule has 0 unspecified atom stereocenters. The van der Waals surface area contributed by atoms with Crippen LogP contribution in [0.5, 0.6) is 0 Å². The third-order valence-electron chi connectivity index (χ3n) is 2.79. The summed E-state index contributed by atoms with van der Waals surface area (Å²) in [4.78, 5) is 4.45. The molecule has 94 valence electrons. The minimum Gasteiger partial charge on any atom is -0.398 e. The van der Waals surface area contributed by atoms with Gasteiger partial charge >= 0.3 is 0 Å². The van der Waals surface area contributed by atoms with E-state index in [4.69, 9.17) is 17.3 Å². The maximum absolute atomic E-state index is 5.93. The van der Waals surface area contributed by atoms with Crippen molar-refractivity contribution in [1.82, 2.24) is 15.2 Å². The van der Waals surface area contributed by atoms with Crippen LogP contribution in [0.2, 0.25) is 5.02 Å². The normalized spacial score (nSPS) is 10.6. The van der Waals surface area contributed by atoms with Gasteiger partial charge in [0.05, 0.1) is 0 Å². The quantitative estimate of drug-likeness (QED) is 0.702. The highest BCUT2D eigenvalue weighted by atomic mass is 35.5. The van der Waals surface area contributed by atoms with E-state index in [1.165, 1.54) is 0 Å². The molecule has 0 atom stereocenters. The fourth-order valence-electron chi connectivity index (χ4n) is 1.85. The summed E-state index contributed by atoms with van der Waals surface area (Å²) in [5, 5.41) is 7.70. The lowest BCUT2D eigenvalue weighted by Crippen LogP contribution is -1.91. The van der Waals surface area contributed by atoms with Crippen molar-refractivity contribution in [2.24, 2.45) is 0 Å². The Balaban J connectivity index is 2.02. The van der Waals surface area contributed by atoms with Gasteiger partial charge in [-0.25, -0.2) is 4.98 Å². The number of nitrogens with one attached hydrogen (secondary N) is 1. The van der Waals surface area contributed by atoms with E-state index < -0.39 is 0 Å². The van der Waals surface area contributed by atoms with E-state index in [9.17, 15) is 0 Å². The van der Waals surface area contributed by atoms with Gasteiger partial charge in [-0.05, 0) is 18.2 Å². The number of hydrogen-bond donors (Lipinski definition) is 2. The second-order valence-electron chi connectivity index (χ2n) is 4.11. The Hall–Kier alpha value is -2.33. The van der Waals surface area contributed by atoms with Crippen molar-refractivity contribution < 1.29 is 0 Å². The minimum absolute atomic E-state index is 0.572. The lowest BCUT2D eigenvalue weighted by atomic mass is 10.1. The summed E-state index contributed by atoms with van der Waals surface area (Å²) in [6.45, 7) is 0. The fraction of sp³-hybridized carbons (Fsp3) is 0. The van der Waals surface area contributed by atoms with E-state index in [1.807, 2.05) is 36.4 Å². The molecule has 1 aromatic heterocycles. The Labute approximate surface area is 115 Å². The molecular formula is C14H11ClN4. The lowest BCUT2D eigenvalue weighted by molar-refractivity contribution is 1.10. The van der Waals surface area contributed by atoms with Crippen LogP contribution in [0.25, 0.3) is 22.8 Å². The van der Waals surface area contributed by atoms with Crippen LogP contribution in [0.1, 0.15) is 0 Å². The molecule has 0 amide bonds. The predicted molar refractivity (Wildman–Crippen MR) is 76.7 cm³/mol. The first-order chi connectivity index (χ1) is 9.24. The number of nitrogen functional groups attached to an aromatic ring is 1. The third-order valence-corrected chi connectivity index (χ3v) is 3.02. The molecule has 0 saturated heterocycles. The van der Waals surface area contributed by atoms with Crippen molar-refractivity contribution in [3.05, 3.63) is 53.6 Å². The number of H-pyrrole nitrogens is 1. The van der Waals surface area contributed by atoms with E-state index in [2.05, 4.69) is 15.2 Å². The van der Waals surface area contributed by atoms with Crippen molar-refractivity contribution in [2.45, 2.75) is 0 Å². The van der Waals surface area contributed by atoms with Gasteiger partial charge in [0.25, 0.3) is 0 Å². The summed E-state index contributed by atoms with van der Waals surface area (Å²) >= 11 is 5.88. The van der Waals surface area contributed by atoms with Crippen LogP contribution in [-0.4, -0.2) is 15.2 Å². The summed E-state index contributed by atoms with van der Waals surface area (Å²) in [6.07, 6.45) is 0. The number of nitrogens with two attached hydrogens (primary N) is 1. The Morgan fingerprint density at radius 2 is 1.84 bits per heavy atom. The zero-order chi connectivity index (χ0) is 13.2. The molecule has 5 heteroatoms. The largest absolute Gasteiger partial charge is 0.398 e. The highest BCUT2D eigenvalue weighted by Crippen LogP contribution is 2.27. The molecule has 3 rings (SSSR count). The van der Waals surface area contributed by atoms with E-state index in [0.29, 0.717) is 22.4 Å². The Morgan fingerprint density at radius 1 is 1.05 bits per heavy atom. The van der Waals surface area contributed by atoms with Gasteiger partial charge in [0, 0.05) is 21.8 Å². The van der Waals surface area contributed by atoms with Crippen LogP contribution in [0.15, 0.2) is 48.5 Å². The highest BCUT2D eigenvalue weighted by Gasteiger charge is 2.10. The molecule has 0 aliphatic rings. The monoisotopic (exact) mass is 270 g/mol.